The van der Waals surface area contributed by atoms with E-state index in [2.05, 4.69) is 25.6 Å². The second-order valence-corrected chi connectivity index (χ2v) is 6.20. The van der Waals surface area contributed by atoms with Gasteiger partial charge in [0.2, 0.25) is 0 Å². The van der Waals surface area contributed by atoms with E-state index in [1.54, 1.807) is 25.1 Å². The van der Waals surface area contributed by atoms with Gasteiger partial charge in [-0.1, -0.05) is 6.07 Å². The highest BCUT2D eigenvalue weighted by Crippen LogP contribution is 2.27. The molecule has 2 rings (SSSR count). The topological polar surface area (TPSA) is 98.2 Å². The molecule has 6 nitrogen and oxygen atoms in total. The fourth-order valence-corrected chi connectivity index (χ4v) is 3.47. The van der Waals surface area contributed by atoms with Gasteiger partial charge < -0.3 is 10.2 Å². The van der Waals surface area contributed by atoms with Gasteiger partial charge in [0.25, 0.3) is 10.0 Å². The summed E-state index contributed by atoms with van der Waals surface area (Å²) < 4.78 is 32.0. The molecule has 19 heavy (non-hydrogen) atoms. The van der Waals surface area contributed by atoms with Crippen molar-refractivity contribution in [3.8, 4) is 0 Å². The number of aryl methyl sites for hydroxylation is 1. The molecule has 102 valence electrons. The molecule has 2 aromatic rings. The zero-order valence-corrected chi connectivity index (χ0v) is 12.5. The van der Waals surface area contributed by atoms with E-state index in [9.17, 15) is 8.42 Å². The number of pyridine rings is 1. The molecule has 0 fully saturated rings. The Hall–Kier alpha value is -1.38. The Labute approximate surface area is 119 Å². The number of sulfonamides is 1. The van der Waals surface area contributed by atoms with Crippen LogP contribution in [-0.4, -0.2) is 13.4 Å². The molecule has 0 aliphatic rings. The van der Waals surface area contributed by atoms with E-state index in [4.69, 9.17) is 10.2 Å². The average Bonchev–Trinajstić information content (AvgIpc) is 2.71. The molecule has 0 radical (unpaired) electrons. The van der Waals surface area contributed by atoms with Crippen molar-refractivity contribution in [3.63, 3.8) is 0 Å². The van der Waals surface area contributed by atoms with E-state index >= 15 is 0 Å². The van der Waals surface area contributed by atoms with Crippen LogP contribution in [0, 0.1) is 6.92 Å². The molecule has 0 saturated heterocycles. The Balaban J connectivity index is 2.34. The largest absolute Gasteiger partial charge is 0.452 e. The number of nitrogens with one attached hydrogen (secondary N) is 1. The van der Waals surface area contributed by atoms with Crippen LogP contribution in [0.1, 0.15) is 11.5 Å². The van der Waals surface area contributed by atoms with Gasteiger partial charge in [0, 0.05) is 11.8 Å². The Morgan fingerprint density at radius 1 is 1.47 bits per heavy atom. The van der Waals surface area contributed by atoms with E-state index in [-0.39, 0.29) is 21.9 Å². The third-order valence-electron chi connectivity index (χ3n) is 2.32. The number of nitrogens with two attached hydrogens (primary N) is 1. The molecule has 3 N–H and O–H groups in total. The molecule has 0 aliphatic carbocycles. The summed E-state index contributed by atoms with van der Waals surface area (Å²) in [6.45, 7) is 1.90. The van der Waals surface area contributed by atoms with E-state index < -0.39 is 10.0 Å². The summed E-state index contributed by atoms with van der Waals surface area (Å²) in [4.78, 5) is 4.08. The van der Waals surface area contributed by atoms with Gasteiger partial charge >= 0.3 is 0 Å². The molecule has 2 aromatic heterocycles. The van der Waals surface area contributed by atoms with Crippen molar-refractivity contribution < 1.29 is 12.8 Å². The van der Waals surface area contributed by atoms with Gasteiger partial charge in [-0.05, 0) is 35.0 Å². The van der Waals surface area contributed by atoms with Gasteiger partial charge in [-0.2, -0.15) is 0 Å². The molecule has 0 saturated carbocycles. The minimum atomic E-state index is -3.76. The minimum Gasteiger partial charge on any atom is -0.452 e. The number of hydrogen-bond acceptors (Lipinski definition) is 5. The summed E-state index contributed by atoms with van der Waals surface area (Å²) >= 11 is 3.06. The Morgan fingerprint density at radius 3 is 2.79 bits per heavy atom. The van der Waals surface area contributed by atoms with Crippen LogP contribution in [0.15, 0.2) is 38.2 Å². The van der Waals surface area contributed by atoms with Crippen molar-refractivity contribution in [3.05, 3.63) is 40.4 Å². The van der Waals surface area contributed by atoms with Crippen LogP contribution in [0.4, 0.5) is 5.82 Å². The van der Waals surface area contributed by atoms with Crippen molar-refractivity contribution in [2.24, 2.45) is 5.73 Å². The zero-order valence-electron chi connectivity index (χ0n) is 10.1. The van der Waals surface area contributed by atoms with Gasteiger partial charge in [0.05, 0.1) is 6.54 Å². The van der Waals surface area contributed by atoms with Gasteiger partial charge in [-0.25, -0.2) is 13.4 Å². The fourth-order valence-electron chi connectivity index (χ4n) is 1.47. The number of furan rings is 1. The molecule has 0 atom stereocenters. The second kappa shape index (κ2) is 5.32. The standard InChI is InChI=1S/C11H12BrN3O3S/c1-7-3-2-4-10(14-7)15-19(16,17)9-5-8(6-13)18-11(9)12/h2-5H,6,13H2,1H3,(H,14,15). The monoisotopic (exact) mass is 345 g/mol. The molecule has 0 unspecified atom stereocenters. The second-order valence-electron chi connectivity index (χ2n) is 3.82. The number of nitrogens with zero attached hydrogens (tertiary/aromatic N) is 1. The average molecular weight is 346 g/mol. The first-order valence-corrected chi connectivity index (χ1v) is 7.65. The maximum Gasteiger partial charge on any atom is 0.267 e. The van der Waals surface area contributed by atoms with Crippen molar-refractivity contribution >= 4 is 31.8 Å². The predicted octanol–water partition coefficient (Wildman–Crippen LogP) is 2.01. The zero-order chi connectivity index (χ0) is 14.0. The third-order valence-corrected chi connectivity index (χ3v) is 4.54. The number of aromatic nitrogens is 1. The lowest BCUT2D eigenvalue weighted by atomic mass is 10.4. The third kappa shape index (κ3) is 3.14. The van der Waals surface area contributed by atoms with E-state index in [1.165, 1.54) is 6.07 Å². The van der Waals surface area contributed by atoms with Crippen molar-refractivity contribution in [2.75, 3.05) is 4.72 Å². The summed E-state index contributed by atoms with van der Waals surface area (Å²) in [6.07, 6.45) is 0. The number of anilines is 1. The molecule has 8 heteroatoms. The molecule has 0 aliphatic heterocycles. The van der Waals surface area contributed by atoms with Crippen LogP contribution in [0.5, 0.6) is 0 Å². The van der Waals surface area contributed by atoms with Crippen molar-refractivity contribution in [1.82, 2.24) is 4.98 Å². The van der Waals surface area contributed by atoms with E-state index in [1.807, 2.05) is 0 Å². The summed E-state index contributed by atoms with van der Waals surface area (Å²) in [6, 6.07) is 6.44. The summed E-state index contributed by atoms with van der Waals surface area (Å²) in [5.41, 5.74) is 6.12. The van der Waals surface area contributed by atoms with Crippen LogP contribution >= 0.6 is 15.9 Å². The van der Waals surface area contributed by atoms with Gasteiger partial charge in [0.15, 0.2) is 4.67 Å². The minimum absolute atomic E-state index is 0.00347. The summed E-state index contributed by atoms with van der Waals surface area (Å²) in [5, 5.41) is 0. The molecular formula is C11H12BrN3O3S. The van der Waals surface area contributed by atoms with Crippen LogP contribution < -0.4 is 10.5 Å². The number of halogens is 1. The van der Waals surface area contributed by atoms with Crippen LogP contribution in [0.2, 0.25) is 0 Å². The van der Waals surface area contributed by atoms with Crippen molar-refractivity contribution in [2.45, 2.75) is 18.4 Å². The highest BCUT2D eigenvalue weighted by atomic mass is 79.9. The van der Waals surface area contributed by atoms with E-state index in [0.717, 1.165) is 0 Å². The Bertz CT molecular complexity index is 697. The molecule has 0 spiro atoms. The lowest BCUT2D eigenvalue weighted by Crippen LogP contribution is -2.13. The SMILES string of the molecule is Cc1cccc(NS(=O)(=O)c2cc(CN)oc2Br)n1. The maximum absolute atomic E-state index is 12.2. The molecule has 0 aromatic carbocycles. The highest BCUT2D eigenvalue weighted by Gasteiger charge is 2.22. The summed E-state index contributed by atoms with van der Waals surface area (Å²) in [7, 11) is -3.76. The van der Waals surface area contributed by atoms with Crippen LogP contribution in [0.3, 0.4) is 0 Å². The first-order valence-electron chi connectivity index (χ1n) is 5.37. The first-order chi connectivity index (χ1) is 8.92. The van der Waals surface area contributed by atoms with E-state index in [0.29, 0.717) is 11.5 Å². The van der Waals surface area contributed by atoms with Gasteiger partial charge in [-0.15, -0.1) is 0 Å². The quantitative estimate of drug-likeness (QED) is 0.882. The van der Waals surface area contributed by atoms with Crippen LogP contribution in [0.25, 0.3) is 0 Å². The molecule has 0 bridgehead atoms. The van der Waals surface area contributed by atoms with Gasteiger partial charge in [-0.3, -0.25) is 4.72 Å². The highest BCUT2D eigenvalue weighted by molar-refractivity contribution is 9.10. The van der Waals surface area contributed by atoms with Crippen LogP contribution in [-0.2, 0) is 16.6 Å². The lowest BCUT2D eigenvalue weighted by molar-refractivity contribution is 0.484. The Kier molecular flexibility index (Phi) is 3.93. The summed E-state index contributed by atoms with van der Waals surface area (Å²) in [5.74, 6) is 0.631. The normalized spacial score (nSPS) is 11.5. The first kappa shape index (κ1) is 14.0. The molecular weight excluding hydrogens is 334 g/mol. The number of rotatable bonds is 4. The Morgan fingerprint density at radius 2 is 2.21 bits per heavy atom. The fraction of sp³-hybridized carbons (Fsp3) is 0.182. The lowest BCUT2D eigenvalue weighted by Gasteiger charge is -2.06. The number of hydrogen-bond donors (Lipinski definition) is 2. The van der Waals surface area contributed by atoms with Gasteiger partial charge in [0.1, 0.15) is 16.5 Å². The van der Waals surface area contributed by atoms with Crippen molar-refractivity contribution in [1.29, 1.82) is 0 Å². The molecule has 0 amide bonds. The smallest absolute Gasteiger partial charge is 0.267 e. The molecule has 2 heterocycles. The predicted molar refractivity (Wildman–Crippen MR) is 74.1 cm³/mol. The maximum atomic E-state index is 12.2.